The summed E-state index contributed by atoms with van der Waals surface area (Å²) in [4.78, 5) is 3.82. The zero-order valence-electron chi connectivity index (χ0n) is 9.50. The lowest BCUT2D eigenvalue weighted by molar-refractivity contribution is 0.507. The molecule has 0 saturated carbocycles. The van der Waals surface area contributed by atoms with E-state index in [1.807, 2.05) is 0 Å². The fourth-order valence-electron chi connectivity index (χ4n) is 1.76. The summed E-state index contributed by atoms with van der Waals surface area (Å²) in [6, 6.07) is 3.08. The van der Waals surface area contributed by atoms with E-state index in [4.69, 9.17) is 17.4 Å². The Hall–Kier alpha value is -1.08. The monoisotopic (exact) mass is 347 g/mol. The predicted octanol–water partition coefficient (Wildman–Crippen LogP) is 3.33. The summed E-state index contributed by atoms with van der Waals surface area (Å²) in [5, 5.41) is 0.268. The van der Waals surface area contributed by atoms with Gasteiger partial charge >= 0.3 is 0 Å². The molecule has 100 valence electrons. The number of hydrogen-bond donors (Lipinski definition) is 2. The number of pyridine rings is 1. The number of hydrogen-bond acceptors (Lipinski definition) is 3. The molecule has 0 saturated heterocycles. The minimum atomic E-state index is -0.909. The van der Waals surface area contributed by atoms with Gasteiger partial charge in [-0.3, -0.25) is 10.8 Å². The topological polar surface area (TPSA) is 50.9 Å². The van der Waals surface area contributed by atoms with E-state index in [0.29, 0.717) is 5.56 Å². The molecule has 3 nitrogen and oxygen atoms in total. The molecule has 3 N–H and O–H groups in total. The van der Waals surface area contributed by atoms with Gasteiger partial charge in [-0.15, -0.1) is 0 Å². The summed E-state index contributed by atoms with van der Waals surface area (Å²) in [6.07, 6.45) is 2.86. The molecule has 1 heterocycles. The third kappa shape index (κ3) is 2.76. The molecular weight excluding hydrogens is 340 g/mol. The van der Waals surface area contributed by atoms with Crippen molar-refractivity contribution >= 4 is 27.5 Å². The Labute approximate surface area is 121 Å². The van der Waals surface area contributed by atoms with Crippen LogP contribution in [-0.4, -0.2) is 4.98 Å². The Morgan fingerprint density at radius 3 is 2.68 bits per heavy atom. The lowest BCUT2D eigenvalue weighted by Gasteiger charge is -2.19. The molecule has 0 aliphatic heterocycles. The smallest absolute Gasteiger partial charge is 0.145 e. The molecular formula is C12H9BrClF2N3. The van der Waals surface area contributed by atoms with Crippen molar-refractivity contribution in [1.82, 2.24) is 10.4 Å². The van der Waals surface area contributed by atoms with Crippen LogP contribution in [-0.2, 0) is 0 Å². The van der Waals surface area contributed by atoms with Crippen LogP contribution >= 0.6 is 27.5 Å². The van der Waals surface area contributed by atoms with E-state index in [1.54, 1.807) is 6.07 Å². The van der Waals surface area contributed by atoms with Gasteiger partial charge in [0.2, 0.25) is 0 Å². The molecule has 0 aliphatic rings. The number of nitrogens with zero attached hydrogens (tertiary/aromatic N) is 1. The number of hydrazine groups is 1. The van der Waals surface area contributed by atoms with Crippen molar-refractivity contribution < 1.29 is 8.78 Å². The second-order valence-corrected chi connectivity index (χ2v) is 5.02. The third-order valence-electron chi connectivity index (χ3n) is 2.65. The van der Waals surface area contributed by atoms with Gasteiger partial charge in [-0.05, 0) is 39.7 Å². The zero-order valence-corrected chi connectivity index (χ0v) is 11.8. The molecule has 1 aromatic heterocycles. The second-order valence-electron chi connectivity index (χ2n) is 3.75. The molecule has 0 radical (unpaired) electrons. The van der Waals surface area contributed by atoms with E-state index in [-0.39, 0.29) is 15.1 Å². The first-order valence-electron chi connectivity index (χ1n) is 5.25. The summed E-state index contributed by atoms with van der Waals surface area (Å²) < 4.78 is 28.1. The van der Waals surface area contributed by atoms with Gasteiger partial charge in [0.15, 0.2) is 0 Å². The highest BCUT2D eigenvalue weighted by atomic mass is 79.9. The molecule has 7 heteroatoms. The summed E-state index contributed by atoms with van der Waals surface area (Å²) in [7, 11) is 0. The van der Waals surface area contributed by atoms with Crippen molar-refractivity contribution in [2.45, 2.75) is 6.04 Å². The first kappa shape index (κ1) is 14.3. The maximum absolute atomic E-state index is 14.1. The molecule has 2 aromatic rings. The lowest BCUT2D eigenvalue weighted by Crippen LogP contribution is -2.30. The maximum atomic E-state index is 14.1. The van der Waals surface area contributed by atoms with Crippen LogP contribution in [0.3, 0.4) is 0 Å². The number of rotatable bonds is 3. The minimum absolute atomic E-state index is 0.148. The predicted molar refractivity (Wildman–Crippen MR) is 72.5 cm³/mol. The van der Waals surface area contributed by atoms with Crippen molar-refractivity contribution in [1.29, 1.82) is 0 Å². The molecule has 0 amide bonds. The van der Waals surface area contributed by atoms with Crippen LogP contribution in [0.25, 0.3) is 0 Å². The van der Waals surface area contributed by atoms with E-state index in [2.05, 4.69) is 26.3 Å². The summed E-state index contributed by atoms with van der Waals surface area (Å²) in [5.41, 5.74) is 2.61. The van der Waals surface area contributed by atoms with Crippen LogP contribution in [0.15, 0.2) is 35.1 Å². The number of halogens is 4. The standard InChI is InChI=1S/C12H9BrClF2N3/c13-7-1-2-9(15)10(11(7)16)12(19-17)6-3-4-18-5-8(6)14/h1-5,12,19H,17H2. The van der Waals surface area contributed by atoms with E-state index in [1.165, 1.54) is 18.5 Å². The summed E-state index contributed by atoms with van der Waals surface area (Å²) >= 11 is 8.99. The quantitative estimate of drug-likeness (QED) is 0.508. The average Bonchev–Trinajstić information content (AvgIpc) is 2.40. The molecule has 1 unspecified atom stereocenters. The van der Waals surface area contributed by atoms with Gasteiger partial charge in [-0.1, -0.05) is 11.6 Å². The Balaban J connectivity index is 2.61. The van der Waals surface area contributed by atoms with E-state index >= 15 is 0 Å². The first-order valence-corrected chi connectivity index (χ1v) is 6.42. The number of aromatic nitrogens is 1. The molecule has 2 rings (SSSR count). The molecule has 1 atom stereocenters. The number of nitrogens with one attached hydrogen (secondary N) is 1. The van der Waals surface area contributed by atoms with Gasteiger partial charge in [0.05, 0.1) is 15.5 Å². The van der Waals surface area contributed by atoms with Crippen molar-refractivity contribution in [3.8, 4) is 0 Å². The zero-order chi connectivity index (χ0) is 14.0. The Bertz CT molecular complexity index is 610. The fraction of sp³-hybridized carbons (Fsp3) is 0.0833. The third-order valence-corrected chi connectivity index (χ3v) is 3.58. The first-order chi connectivity index (χ1) is 9.06. The van der Waals surface area contributed by atoms with Crippen LogP contribution in [0.1, 0.15) is 17.2 Å². The van der Waals surface area contributed by atoms with Gasteiger partial charge < -0.3 is 0 Å². The van der Waals surface area contributed by atoms with Crippen LogP contribution < -0.4 is 11.3 Å². The van der Waals surface area contributed by atoms with E-state index in [9.17, 15) is 8.78 Å². The number of benzene rings is 1. The van der Waals surface area contributed by atoms with Crippen molar-refractivity contribution in [2.75, 3.05) is 0 Å². The van der Waals surface area contributed by atoms with Gasteiger partial charge in [-0.25, -0.2) is 14.2 Å². The molecule has 0 fully saturated rings. The lowest BCUT2D eigenvalue weighted by atomic mass is 9.99. The summed E-state index contributed by atoms with van der Waals surface area (Å²) in [5.74, 6) is 3.98. The number of nitrogens with two attached hydrogens (primary N) is 1. The Kier molecular flexibility index (Phi) is 4.46. The van der Waals surface area contributed by atoms with Crippen LogP contribution in [0.4, 0.5) is 8.78 Å². The highest BCUT2D eigenvalue weighted by molar-refractivity contribution is 9.10. The van der Waals surface area contributed by atoms with E-state index < -0.39 is 17.7 Å². The molecule has 0 spiro atoms. The highest BCUT2D eigenvalue weighted by Gasteiger charge is 2.24. The van der Waals surface area contributed by atoms with Gasteiger partial charge in [-0.2, -0.15) is 0 Å². The fourth-order valence-corrected chi connectivity index (χ4v) is 2.33. The van der Waals surface area contributed by atoms with Crippen LogP contribution in [0, 0.1) is 11.6 Å². The van der Waals surface area contributed by atoms with Gasteiger partial charge in [0.1, 0.15) is 11.6 Å². The average molecular weight is 349 g/mol. The minimum Gasteiger partial charge on any atom is -0.271 e. The van der Waals surface area contributed by atoms with E-state index in [0.717, 1.165) is 6.07 Å². The Morgan fingerprint density at radius 1 is 1.32 bits per heavy atom. The van der Waals surface area contributed by atoms with Crippen LogP contribution in [0.2, 0.25) is 5.02 Å². The van der Waals surface area contributed by atoms with Gasteiger partial charge in [0, 0.05) is 18.0 Å². The molecule has 19 heavy (non-hydrogen) atoms. The molecule has 0 aliphatic carbocycles. The Morgan fingerprint density at radius 2 is 2.05 bits per heavy atom. The molecule has 0 bridgehead atoms. The van der Waals surface area contributed by atoms with Crippen molar-refractivity contribution in [3.05, 3.63) is 62.8 Å². The summed E-state index contributed by atoms with van der Waals surface area (Å²) in [6.45, 7) is 0. The SMILES string of the molecule is NNC(c1ccncc1Cl)c1c(F)ccc(Br)c1F. The van der Waals surface area contributed by atoms with Crippen molar-refractivity contribution in [2.24, 2.45) is 5.84 Å². The highest BCUT2D eigenvalue weighted by Crippen LogP contribution is 2.32. The normalized spacial score (nSPS) is 12.5. The second kappa shape index (κ2) is 5.92. The largest absolute Gasteiger partial charge is 0.271 e. The van der Waals surface area contributed by atoms with Crippen LogP contribution in [0.5, 0.6) is 0 Å². The maximum Gasteiger partial charge on any atom is 0.145 e. The van der Waals surface area contributed by atoms with Crippen molar-refractivity contribution in [3.63, 3.8) is 0 Å². The van der Waals surface area contributed by atoms with Gasteiger partial charge in [0.25, 0.3) is 0 Å². The molecule has 1 aromatic carbocycles.